The number of carbonyl (C=O) groups excluding carboxylic acids is 2. The molecule has 2 rings (SSSR count). The number of ether oxygens (including phenoxy) is 5. The number of esters is 2. The molecule has 1 heterocycles. The van der Waals surface area contributed by atoms with Gasteiger partial charge in [-0.25, -0.2) is 9.59 Å². The summed E-state index contributed by atoms with van der Waals surface area (Å²) in [6, 6.07) is 3.25. The van der Waals surface area contributed by atoms with Crippen molar-refractivity contribution in [2.24, 2.45) is 0 Å². The van der Waals surface area contributed by atoms with Gasteiger partial charge in [-0.15, -0.1) is 13.2 Å². The van der Waals surface area contributed by atoms with Crippen LogP contribution in [0.25, 0.3) is 0 Å². The zero-order valence-corrected chi connectivity index (χ0v) is 14.6. The van der Waals surface area contributed by atoms with E-state index in [4.69, 9.17) is 14.2 Å². The van der Waals surface area contributed by atoms with Gasteiger partial charge in [-0.1, -0.05) is 0 Å². The fraction of sp³-hybridized carbons (Fsp3) is 0.375. The van der Waals surface area contributed by atoms with Crippen LogP contribution in [0.15, 0.2) is 29.5 Å². The average molecular weight is 391 g/mol. The molecule has 8 nitrogen and oxygen atoms in total. The molecule has 0 aromatic heterocycles. The summed E-state index contributed by atoms with van der Waals surface area (Å²) in [6.45, 7) is -0.383. The van der Waals surface area contributed by atoms with E-state index in [0.717, 1.165) is 26.4 Å². The first-order chi connectivity index (χ1) is 12.7. The number of hydrogen-bond acceptors (Lipinski definition) is 8. The number of methoxy groups -OCH3 is 3. The molecule has 0 spiro atoms. The Labute approximate surface area is 152 Å². The second kappa shape index (κ2) is 8.16. The van der Waals surface area contributed by atoms with E-state index in [1.807, 2.05) is 0 Å². The van der Waals surface area contributed by atoms with Gasteiger partial charge in [-0.05, 0) is 12.1 Å². The first-order valence-corrected chi connectivity index (χ1v) is 7.40. The fourth-order valence-electron chi connectivity index (χ4n) is 2.41. The maximum Gasteiger partial charge on any atom is 0.573 e. The summed E-state index contributed by atoms with van der Waals surface area (Å²) in [5.74, 6) is -2.22. The van der Waals surface area contributed by atoms with Crippen molar-refractivity contribution < 1.29 is 46.4 Å². The topological polar surface area (TPSA) is 83.5 Å². The number of benzene rings is 1. The molecule has 0 bridgehead atoms. The molecule has 1 aromatic carbocycles. The molecular formula is C16H16F3NO7. The van der Waals surface area contributed by atoms with Crippen molar-refractivity contribution in [2.45, 2.75) is 6.36 Å². The molecule has 1 aromatic rings. The van der Waals surface area contributed by atoms with Gasteiger partial charge in [0, 0.05) is 6.07 Å². The van der Waals surface area contributed by atoms with Crippen molar-refractivity contribution in [1.82, 2.24) is 0 Å². The molecular weight excluding hydrogens is 375 g/mol. The molecule has 0 saturated carbocycles. The van der Waals surface area contributed by atoms with E-state index in [1.165, 1.54) is 18.1 Å². The van der Waals surface area contributed by atoms with Crippen LogP contribution < -0.4 is 14.4 Å². The normalized spacial score (nSPS) is 14.7. The monoisotopic (exact) mass is 391 g/mol. The predicted molar refractivity (Wildman–Crippen MR) is 84.0 cm³/mol. The van der Waals surface area contributed by atoms with Gasteiger partial charge in [0.1, 0.15) is 23.9 Å². The SMILES string of the molecule is COC(=O)C1=C(C(=O)OC)N(c2ccc(OC(F)(F)F)cc2OC)COC1. The highest BCUT2D eigenvalue weighted by molar-refractivity contribution is 6.03. The van der Waals surface area contributed by atoms with Crippen LogP contribution in [0, 0.1) is 0 Å². The third kappa shape index (κ3) is 4.61. The maximum atomic E-state index is 12.4. The summed E-state index contributed by atoms with van der Waals surface area (Å²) in [4.78, 5) is 25.4. The summed E-state index contributed by atoms with van der Waals surface area (Å²) in [5, 5.41) is 0. The standard InChI is InChI=1S/C16H16F3NO7/c1-23-12-6-9(27-16(17,18)19)4-5-11(12)20-8-26-7-10(14(21)24-2)13(20)15(22)25-3/h4-6H,7-8H2,1-3H3. The van der Waals surface area contributed by atoms with Crippen molar-refractivity contribution in [2.75, 3.05) is 39.6 Å². The number of hydrogen-bond donors (Lipinski definition) is 0. The first-order valence-electron chi connectivity index (χ1n) is 7.40. The van der Waals surface area contributed by atoms with E-state index >= 15 is 0 Å². The lowest BCUT2D eigenvalue weighted by atomic mass is 10.1. The van der Waals surface area contributed by atoms with Crippen LogP contribution in [0.4, 0.5) is 18.9 Å². The van der Waals surface area contributed by atoms with E-state index in [1.54, 1.807) is 0 Å². The highest BCUT2D eigenvalue weighted by Gasteiger charge is 2.35. The minimum atomic E-state index is -4.88. The van der Waals surface area contributed by atoms with Crippen LogP contribution in [0.3, 0.4) is 0 Å². The molecule has 0 atom stereocenters. The Morgan fingerprint density at radius 1 is 1.11 bits per heavy atom. The third-order valence-corrected chi connectivity index (χ3v) is 3.51. The van der Waals surface area contributed by atoms with Crippen LogP contribution >= 0.6 is 0 Å². The molecule has 11 heteroatoms. The van der Waals surface area contributed by atoms with Crippen LogP contribution in [0.1, 0.15) is 0 Å². The van der Waals surface area contributed by atoms with Gasteiger partial charge in [-0.2, -0.15) is 0 Å². The molecule has 0 amide bonds. The smallest absolute Gasteiger partial charge is 0.494 e. The van der Waals surface area contributed by atoms with Crippen LogP contribution in [0.5, 0.6) is 11.5 Å². The zero-order chi connectivity index (χ0) is 20.2. The quantitative estimate of drug-likeness (QED) is 0.705. The molecule has 0 N–H and O–H groups in total. The third-order valence-electron chi connectivity index (χ3n) is 3.51. The van der Waals surface area contributed by atoms with E-state index in [2.05, 4.69) is 9.47 Å². The van der Waals surface area contributed by atoms with E-state index in [0.29, 0.717) is 0 Å². The predicted octanol–water partition coefficient (Wildman–Crippen LogP) is 1.99. The van der Waals surface area contributed by atoms with Crippen molar-refractivity contribution >= 4 is 17.6 Å². The summed E-state index contributed by atoms with van der Waals surface area (Å²) in [5.41, 5.74) is -0.111. The van der Waals surface area contributed by atoms with Gasteiger partial charge in [0.15, 0.2) is 0 Å². The van der Waals surface area contributed by atoms with E-state index in [9.17, 15) is 22.8 Å². The summed E-state index contributed by atoms with van der Waals surface area (Å²) >= 11 is 0. The Morgan fingerprint density at radius 2 is 1.78 bits per heavy atom. The van der Waals surface area contributed by atoms with Crippen molar-refractivity contribution in [3.8, 4) is 11.5 Å². The summed E-state index contributed by atoms with van der Waals surface area (Å²) in [6.07, 6.45) is -4.88. The van der Waals surface area contributed by atoms with Crippen molar-refractivity contribution in [3.05, 3.63) is 29.5 Å². The summed E-state index contributed by atoms with van der Waals surface area (Å²) < 4.78 is 60.8. The van der Waals surface area contributed by atoms with Crippen LogP contribution in [-0.4, -0.2) is 53.0 Å². The van der Waals surface area contributed by atoms with Crippen LogP contribution in [-0.2, 0) is 23.8 Å². The molecule has 0 saturated heterocycles. The number of alkyl halides is 3. The minimum Gasteiger partial charge on any atom is -0.494 e. The highest BCUT2D eigenvalue weighted by Crippen LogP contribution is 2.37. The lowest BCUT2D eigenvalue weighted by molar-refractivity contribution is -0.274. The van der Waals surface area contributed by atoms with E-state index < -0.39 is 24.1 Å². The van der Waals surface area contributed by atoms with Gasteiger partial charge < -0.3 is 28.6 Å². The van der Waals surface area contributed by atoms with Gasteiger partial charge in [0.25, 0.3) is 0 Å². The Balaban J connectivity index is 2.53. The molecule has 1 aliphatic rings. The van der Waals surface area contributed by atoms with Crippen molar-refractivity contribution in [1.29, 1.82) is 0 Å². The molecule has 1 aliphatic heterocycles. The van der Waals surface area contributed by atoms with Crippen molar-refractivity contribution in [3.63, 3.8) is 0 Å². The van der Waals surface area contributed by atoms with Gasteiger partial charge in [-0.3, -0.25) is 0 Å². The van der Waals surface area contributed by atoms with Gasteiger partial charge in [0.05, 0.1) is 39.2 Å². The Kier molecular flexibility index (Phi) is 6.16. The largest absolute Gasteiger partial charge is 0.573 e. The second-order valence-electron chi connectivity index (χ2n) is 5.10. The fourth-order valence-corrected chi connectivity index (χ4v) is 2.41. The van der Waals surface area contributed by atoms with Crippen LogP contribution in [0.2, 0.25) is 0 Å². The second-order valence-corrected chi connectivity index (χ2v) is 5.10. The minimum absolute atomic E-state index is 0.0483. The molecule has 0 fully saturated rings. The first kappa shape index (κ1) is 20.4. The van der Waals surface area contributed by atoms with Gasteiger partial charge in [0.2, 0.25) is 0 Å². The molecule has 0 aliphatic carbocycles. The molecule has 0 unspecified atom stereocenters. The molecule has 148 valence electrons. The van der Waals surface area contributed by atoms with Gasteiger partial charge >= 0.3 is 18.3 Å². The Bertz CT molecular complexity index is 761. The molecule has 27 heavy (non-hydrogen) atoms. The number of rotatable bonds is 5. The zero-order valence-electron chi connectivity index (χ0n) is 14.6. The highest BCUT2D eigenvalue weighted by atomic mass is 19.4. The summed E-state index contributed by atoms with van der Waals surface area (Å²) in [7, 11) is 3.48. The maximum absolute atomic E-state index is 12.4. The number of nitrogens with zero attached hydrogens (tertiary/aromatic N) is 1. The number of anilines is 1. The lowest BCUT2D eigenvalue weighted by Gasteiger charge is -2.32. The Morgan fingerprint density at radius 3 is 2.33 bits per heavy atom. The number of halogens is 3. The lowest BCUT2D eigenvalue weighted by Crippen LogP contribution is -2.39. The average Bonchev–Trinajstić information content (AvgIpc) is 2.64. The van der Waals surface area contributed by atoms with E-state index in [-0.39, 0.29) is 36.0 Å². The number of carbonyl (C=O) groups is 2. The molecule has 0 radical (unpaired) electrons. The Hall–Kier alpha value is -2.95.